The second-order valence-electron chi connectivity index (χ2n) is 8.51. The lowest BCUT2D eigenvalue weighted by molar-refractivity contribution is -0.142. The van der Waals surface area contributed by atoms with Gasteiger partial charge in [0.2, 0.25) is 0 Å². The fourth-order valence-corrected chi connectivity index (χ4v) is 5.34. The van der Waals surface area contributed by atoms with Gasteiger partial charge in [-0.2, -0.15) is 13.2 Å². The van der Waals surface area contributed by atoms with Crippen molar-refractivity contribution in [3.05, 3.63) is 48.0 Å². The third-order valence-electron chi connectivity index (χ3n) is 7.01. The Bertz CT molecular complexity index is 664. The summed E-state index contributed by atoms with van der Waals surface area (Å²) >= 11 is 0. The quantitative estimate of drug-likeness (QED) is 0.566. The Balaban J connectivity index is 1.49. The number of hydrogen-bond donors (Lipinski definition) is 1. The fraction of sp³-hybridized carbons (Fsp3) is 0.609. The van der Waals surface area contributed by atoms with Gasteiger partial charge in [0.1, 0.15) is 0 Å². The van der Waals surface area contributed by atoms with Crippen LogP contribution in [0, 0.1) is 23.7 Å². The van der Waals surface area contributed by atoms with E-state index in [0.717, 1.165) is 56.9 Å². The van der Waals surface area contributed by atoms with Crippen LogP contribution in [0.15, 0.2) is 36.9 Å². The van der Waals surface area contributed by atoms with Crippen molar-refractivity contribution in [2.45, 2.75) is 63.5 Å². The molecule has 1 unspecified atom stereocenters. The summed E-state index contributed by atoms with van der Waals surface area (Å²) < 4.78 is 38.2. The monoisotopic (exact) mass is 394 g/mol. The number of halogens is 3. The summed E-state index contributed by atoms with van der Waals surface area (Å²) in [5.74, 6) is 0.677. The maximum absolute atomic E-state index is 12.7. The zero-order valence-corrected chi connectivity index (χ0v) is 16.1. The second-order valence-corrected chi connectivity index (χ2v) is 8.51. The van der Waals surface area contributed by atoms with Crippen LogP contribution in [0.5, 0.6) is 0 Å². The zero-order chi connectivity index (χ0) is 20.3. The van der Waals surface area contributed by atoms with Crippen LogP contribution >= 0.6 is 0 Å². The maximum Gasteiger partial charge on any atom is 0.416 e. The number of carbonyl (C=O) groups is 1. The standard InChI is InChI=1S/C23H29F3O2/c1-2-21(22(27)28)19-9-7-17(8-10-19)15-3-5-16(6-4-15)18-11-13-20(14-12-18)23(24,25)26/h2,11-17,19,21H,1,3-10H2,(H,27,28)/t15-,16-,17?,19?,21?. The van der Waals surface area contributed by atoms with E-state index in [0.29, 0.717) is 17.8 Å². The molecule has 2 aliphatic rings. The molecule has 154 valence electrons. The van der Waals surface area contributed by atoms with Crippen molar-refractivity contribution in [2.24, 2.45) is 23.7 Å². The first kappa shape index (κ1) is 20.9. The molecule has 1 atom stereocenters. The summed E-state index contributed by atoms with van der Waals surface area (Å²) in [7, 11) is 0. The Labute approximate surface area is 164 Å². The fourth-order valence-electron chi connectivity index (χ4n) is 5.34. The van der Waals surface area contributed by atoms with Gasteiger partial charge in [0, 0.05) is 0 Å². The molecule has 0 aromatic heterocycles. The Morgan fingerprint density at radius 2 is 1.46 bits per heavy atom. The van der Waals surface area contributed by atoms with E-state index >= 15 is 0 Å². The zero-order valence-electron chi connectivity index (χ0n) is 16.1. The van der Waals surface area contributed by atoms with Crippen LogP contribution in [0.2, 0.25) is 0 Å². The molecule has 0 bridgehead atoms. The van der Waals surface area contributed by atoms with Crippen LogP contribution in [-0.2, 0) is 11.0 Å². The summed E-state index contributed by atoms with van der Waals surface area (Å²) in [5.41, 5.74) is 0.436. The number of carboxylic acid groups (broad SMARTS) is 1. The van der Waals surface area contributed by atoms with Gasteiger partial charge in [-0.1, -0.05) is 18.2 Å². The van der Waals surface area contributed by atoms with E-state index in [9.17, 15) is 23.1 Å². The highest BCUT2D eigenvalue weighted by Crippen LogP contribution is 2.45. The van der Waals surface area contributed by atoms with Crippen molar-refractivity contribution in [2.75, 3.05) is 0 Å². The van der Waals surface area contributed by atoms with Gasteiger partial charge < -0.3 is 5.11 Å². The average molecular weight is 394 g/mol. The number of benzene rings is 1. The van der Waals surface area contributed by atoms with E-state index in [1.165, 1.54) is 12.1 Å². The number of alkyl halides is 3. The average Bonchev–Trinajstić information content (AvgIpc) is 2.68. The molecular weight excluding hydrogens is 365 g/mol. The highest BCUT2D eigenvalue weighted by Gasteiger charge is 2.35. The minimum Gasteiger partial charge on any atom is -0.481 e. The van der Waals surface area contributed by atoms with Crippen molar-refractivity contribution < 1.29 is 23.1 Å². The SMILES string of the molecule is C=CC(C(=O)O)C1CCC([C@H]2CC[C@H](c3ccc(C(F)(F)F)cc3)CC2)CC1. The minimum atomic E-state index is -4.28. The van der Waals surface area contributed by atoms with E-state index < -0.39 is 23.6 Å². The molecule has 2 nitrogen and oxygen atoms in total. The predicted molar refractivity (Wildman–Crippen MR) is 103 cm³/mol. The molecule has 2 fully saturated rings. The Morgan fingerprint density at radius 3 is 1.89 bits per heavy atom. The molecule has 28 heavy (non-hydrogen) atoms. The van der Waals surface area contributed by atoms with Crippen LogP contribution in [-0.4, -0.2) is 11.1 Å². The molecule has 0 amide bonds. The topological polar surface area (TPSA) is 37.3 Å². The molecule has 1 aromatic carbocycles. The lowest BCUT2D eigenvalue weighted by atomic mass is 9.67. The van der Waals surface area contributed by atoms with Gasteiger partial charge in [-0.3, -0.25) is 4.79 Å². The van der Waals surface area contributed by atoms with Crippen molar-refractivity contribution in [3.63, 3.8) is 0 Å². The number of hydrogen-bond acceptors (Lipinski definition) is 1. The van der Waals surface area contributed by atoms with Gasteiger partial charge in [0.05, 0.1) is 11.5 Å². The van der Waals surface area contributed by atoms with Gasteiger partial charge in [0.25, 0.3) is 0 Å². The first-order valence-corrected chi connectivity index (χ1v) is 10.3. The van der Waals surface area contributed by atoms with Crippen LogP contribution in [0.25, 0.3) is 0 Å². The largest absolute Gasteiger partial charge is 0.481 e. The number of rotatable bonds is 5. The summed E-state index contributed by atoms with van der Waals surface area (Å²) in [6.45, 7) is 3.68. The van der Waals surface area contributed by atoms with Gasteiger partial charge in [-0.15, -0.1) is 6.58 Å². The highest BCUT2D eigenvalue weighted by atomic mass is 19.4. The maximum atomic E-state index is 12.7. The first-order chi connectivity index (χ1) is 13.3. The predicted octanol–water partition coefficient (Wildman–Crippen LogP) is 6.67. The van der Waals surface area contributed by atoms with Crippen LogP contribution in [0.1, 0.15) is 68.4 Å². The third kappa shape index (κ3) is 4.79. The molecule has 2 aliphatic carbocycles. The smallest absolute Gasteiger partial charge is 0.416 e. The Hall–Kier alpha value is -1.78. The molecule has 0 saturated heterocycles. The lowest BCUT2D eigenvalue weighted by Gasteiger charge is -2.38. The van der Waals surface area contributed by atoms with Crippen LogP contribution in [0.4, 0.5) is 13.2 Å². The molecule has 1 N–H and O–H groups in total. The van der Waals surface area contributed by atoms with E-state index in [1.807, 2.05) is 0 Å². The van der Waals surface area contributed by atoms with Crippen molar-refractivity contribution in [3.8, 4) is 0 Å². The molecule has 5 heteroatoms. The number of carboxylic acids is 1. The van der Waals surface area contributed by atoms with Gasteiger partial charge >= 0.3 is 12.1 Å². The molecule has 0 aliphatic heterocycles. The first-order valence-electron chi connectivity index (χ1n) is 10.3. The Kier molecular flexibility index (Phi) is 6.51. The molecule has 0 spiro atoms. The molecule has 0 heterocycles. The molecule has 3 rings (SSSR count). The molecular formula is C23H29F3O2. The second kappa shape index (κ2) is 8.71. The summed E-state index contributed by atoms with van der Waals surface area (Å²) in [5, 5.41) is 9.31. The highest BCUT2D eigenvalue weighted by molar-refractivity contribution is 5.72. The van der Waals surface area contributed by atoms with E-state index in [-0.39, 0.29) is 5.92 Å². The number of aliphatic carboxylic acids is 1. The normalized spacial score (nSPS) is 29.8. The molecule has 2 saturated carbocycles. The van der Waals surface area contributed by atoms with Crippen molar-refractivity contribution >= 4 is 5.97 Å². The molecule has 1 aromatic rings. The van der Waals surface area contributed by atoms with Gasteiger partial charge in [-0.25, -0.2) is 0 Å². The summed E-state index contributed by atoms with van der Waals surface area (Å²) in [6.07, 6.45) is 5.65. The van der Waals surface area contributed by atoms with E-state index in [1.54, 1.807) is 18.2 Å². The van der Waals surface area contributed by atoms with Gasteiger partial charge in [0.15, 0.2) is 0 Å². The molecule has 0 radical (unpaired) electrons. The third-order valence-corrected chi connectivity index (χ3v) is 7.01. The van der Waals surface area contributed by atoms with Crippen molar-refractivity contribution in [1.29, 1.82) is 0 Å². The Morgan fingerprint density at radius 1 is 0.964 bits per heavy atom. The van der Waals surface area contributed by atoms with Crippen LogP contribution < -0.4 is 0 Å². The minimum absolute atomic E-state index is 0.203. The van der Waals surface area contributed by atoms with E-state index in [4.69, 9.17) is 0 Å². The van der Waals surface area contributed by atoms with Crippen LogP contribution in [0.3, 0.4) is 0 Å². The van der Waals surface area contributed by atoms with Gasteiger partial charge in [-0.05, 0) is 92.7 Å². The van der Waals surface area contributed by atoms with E-state index in [2.05, 4.69) is 6.58 Å². The van der Waals surface area contributed by atoms with Crippen molar-refractivity contribution in [1.82, 2.24) is 0 Å². The summed E-state index contributed by atoms with van der Waals surface area (Å²) in [6, 6.07) is 5.67. The lowest BCUT2D eigenvalue weighted by Crippen LogP contribution is -2.30. The summed E-state index contributed by atoms with van der Waals surface area (Å²) in [4.78, 5) is 11.3.